The number of benzene rings is 1. The van der Waals surface area contributed by atoms with Gasteiger partial charge in [0.2, 0.25) is 5.91 Å². The molecule has 1 amide bonds. The van der Waals surface area contributed by atoms with Crippen LogP contribution in [0.4, 0.5) is 0 Å². The third-order valence-corrected chi connectivity index (χ3v) is 7.03. The third-order valence-electron chi connectivity index (χ3n) is 7.03. The number of rotatable bonds is 7. The Kier molecular flexibility index (Phi) is 9.64. The molecule has 1 aromatic rings. The highest BCUT2D eigenvalue weighted by molar-refractivity contribution is 14.0. The molecule has 2 atom stereocenters. The van der Waals surface area contributed by atoms with Crippen molar-refractivity contribution in [3.8, 4) is 0 Å². The second kappa shape index (κ2) is 12.2. The molecule has 2 aliphatic heterocycles. The molecule has 2 saturated heterocycles. The summed E-state index contributed by atoms with van der Waals surface area (Å²) in [5.74, 6) is 1.60. The molecule has 4 rings (SSSR count). The van der Waals surface area contributed by atoms with Gasteiger partial charge in [-0.3, -0.25) is 9.69 Å². The lowest BCUT2D eigenvalue weighted by molar-refractivity contribution is -0.130. The van der Waals surface area contributed by atoms with Crippen LogP contribution < -0.4 is 10.6 Å². The number of carbonyl (C=O) groups excluding carboxylic acids is 1. The molecule has 0 radical (unpaired) electrons. The van der Waals surface area contributed by atoms with Gasteiger partial charge in [-0.25, -0.2) is 4.99 Å². The van der Waals surface area contributed by atoms with Crippen LogP contribution in [0.15, 0.2) is 35.3 Å². The maximum Gasteiger partial charge on any atom is 0.244 e. The van der Waals surface area contributed by atoms with Gasteiger partial charge in [0.05, 0.1) is 0 Å². The minimum absolute atomic E-state index is 0. The van der Waals surface area contributed by atoms with E-state index < -0.39 is 0 Å². The van der Waals surface area contributed by atoms with Gasteiger partial charge >= 0.3 is 0 Å². The summed E-state index contributed by atoms with van der Waals surface area (Å²) in [7, 11) is 0. The molecule has 7 heteroatoms. The van der Waals surface area contributed by atoms with Crippen LogP contribution in [0.2, 0.25) is 0 Å². The first-order chi connectivity index (χ1) is 15.1. The molecule has 1 saturated carbocycles. The lowest BCUT2D eigenvalue weighted by Gasteiger charge is -2.32. The molecule has 3 aliphatic rings. The zero-order valence-electron chi connectivity index (χ0n) is 19.6. The molecule has 0 spiro atoms. The summed E-state index contributed by atoms with van der Waals surface area (Å²) in [6, 6.07) is 12.5. The number of hydrogen-bond donors (Lipinski definition) is 2. The van der Waals surface area contributed by atoms with Crippen molar-refractivity contribution in [3.05, 3.63) is 35.9 Å². The predicted molar refractivity (Wildman–Crippen MR) is 142 cm³/mol. The van der Waals surface area contributed by atoms with E-state index in [1.54, 1.807) is 0 Å². The van der Waals surface area contributed by atoms with E-state index in [-0.39, 0.29) is 36.4 Å². The second-order valence-electron chi connectivity index (χ2n) is 9.56. The van der Waals surface area contributed by atoms with Crippen molar-refractivity contribution in [2.45, 2.75) is 70.5 Å². The van der Waals surface area contributed by atoms with Crippen molar-refractivity contribution in [2.24, 2.45) is 10.9 Å². The van der Waals surface area contributed by atoms with E-state index in [0.717, 1.165) is 63.9 Å². The van der Waals surface area contributed by atoms with E-state index in [1.165, 1.54) is 18.4 Å². The summed E-state index contributed by atoms with van der Waals surface area (Å²) < 4.78 is 0. The molecule has 0 aromatic heterocycles. The smallest absolute Gasteiger partial charge is 0.244 e. The number of amides is 1. The molecule has 2 N–H and O–H groups in total. The van der Waals surface area contributed by atoms with Crippen molar-refractivity contribution < 1.29 is 4.79 Å². The molecule has 2 unspecified atom stereocenters. The number of piperidine rings is 1. The van der Waals surface area contributed by atoms with Crippen molar-refractivity contribution in [2.75, 3.05) is 32.7 Å². The number of guanidine groups is 1. The third kappa shape index (κ3) is 7.07. The van der Waals surface area contributed by atoms with Gasteiger partial charge in [-0.1, -0.05) is 30.3 Å². The lowest BCUT2D eigenvalue weighted by Crippen LogP contribution is -2.46. The zero-order chi connectivity index (χ0) is 21.6. The van der Waals surface area contributed by atoms with Gasteiger partial charge in [-0.15, -0.1) is 24.0 Å². The topological polar surface area (TPSA) is 60.0 Å². The highest BCUT2D eigenvalue weighted by Gasteiger charge is 2.39. The van der Waals surface area contributed by atoms with E-state index in [2.05, 4.69) is 64.7 Å². The van der Waals surface area contributed by atoms with E-state index in [4.69, 9.17) is 0 Å². The van der Waals surface area contributed by atoms with Crippen LogP contribution >= 0.6 is 24.0 Å². The van der Waals surface area contributed by atoms with E-state index in [1.807, 2.05) is 4.90 Å². The first kappa shape index (κ1) is 25.3. The lowest BCUT2D eigenvalue weighted by atomic mass is 9.90. The fourth-order valence-electron chi connectivity index (χ4n) is 5.17. The summed E-state index contributed by atoms with van der Waals surface area (Å²) in [5.41, 5.74) is 1.40. The van der Waals surface area contributed by atoms with E-state index >= 15 is 0 Å². The highest BCUT2D eigenvalue weighted by Crippen LogP contribution is 2.33. The molecular weight excluding hydrogens is 513 g/mol. The molecule has 1 aliphatic carbocycles. The Morgan fingerprint density at radius 3 is 2.50 bits per heavy atom. The Morgan fingerprint density at radius 1 is 1.12 bits per heavy atom. The van der Waals surface area contributed by atoms with Crippen LogP contribution in [0, 0.1) is 5.92 Å². The molecule has 1 aromatic carbocycles. The minimum Gasteiger partial charge on any atom is -0.357 e. The quantitative estimate of drug-likeness (QED) is 0.309. The van der Waals surface area contributed by atoms with Gasteiger partial charge in [0, 0.05) is 44.3 Å². The fraction of sp³-hybridized carbons (Fsp3) is 0.680. The van der Waals surface area contributed by atoms with Crippen LogP contribution in [-0.2, 0) is 11.2 Å². The molecule has 32 heavy (non-hydrogen) atoms. The first-order valence-corrected chi connectivity index (χ1v) is 12.2. The van der Waals surface area contributed by atoms with Crippen LogP contribution in [-0.4, -0.2) is 72.5 Å². The monoisotopic (exact) mass is 553 g/mol. The number of hydrogen-bond acceptors (Lipinski definition) is 3. The molecule has 2 heterocycles. The van der Waals surface area contributed by atoms with Crippen molar-refractivity contribution in [1.82, 2.24) is 20.4 Å². The fourth-order valence-corrected chi connectivity index (χ4v) is 5.17. The van der Waals surface area contributed by atoms with Crippen molar-refractivity contribution in [1.29, 1.82) is 0 Å². The minimum atomic E-state index is 0. The number of carbonyl (C=O) groups is 1. The zero-order valence-corrected chi connectivity index (χ0v) is 22.0. The summed E-state index contributed by atoms with van der Waals surface area (Å²) in [6.07, 6.45) is 7.12. The molecule has 178 valence electrons. The number of nitrogens with one attached hydrogen (secondary N) is 2. The van der Waals surface area contributed by atoms with Crippen LogP contribution in [0.3, 0.4) is 0 Å². The average Bonchev–Trinajstić information content (AvgIpc) is 3.56. The summed E-state index contributed by atoms with van der Waals surface area (Å²) in [4.78, 5) is 22.0. The number of nitrogens with zero attached hydrogens (tertiary/aromatic N) is 3. The Labute approximate surface area is 210 Å². The van der Waals surface area contributed by atoms with Gasteiger partial charge in [-0.05, 0) is 63.9 Å². The van der Waals surface area contributed by atoms with E-state index in [0.29, 0.717) is 18.0 Å². The summed E-state index contributed by atoms with van der Waals surface area (Å²) >= 11 is 0. The predicted octanol–water partition coefficient (Wildman–Crippen LogP) is 3.27. The van der Waals surface area contributed by atoms with Crippen LogP contribution in [0.1, 0.15) is 51.5 Å². The molecular formula is C25H40IN5O. The standard InChI is InChI=1S/C25H39N5O.HI/c1-3-26-25(28-22-15-19(2)30(18-22)23-9-10-23)27-17-24(31)29-13-11-21(12-14-29)16-20-7-5-4-6-8-20;/h4-8,19,21-23H,3,9-18H2,1-2H3,(H2,26,27,28);1H. The van der Waals surface area contributed by atoms with Crippen molar-refractivity contribution >= 4 is 35.8 Å². The molecule has 6 nitrogen and oxygen atoms in total. The van der Waals surface area contributed by atoms with Crippen molar-refractivity contribution in [3.63, 3.8) is 0 Å². The van der Waals surface area contributed by atoms with Gasteiger partial charge in [0.25, 0.3) is 0 Å². The normalized spacial score (nSPS) is 24.8. The van der Waals surface area contributed by atoms with Gasteiger partial charge < -0.3 is 15.5 Å². The summed E-state index contributed by atoms with van der Waals surface area (Å²) in [6.45, 7) is 8.23. The second-order valence-corrected chi connectivity index (χ2v) is 9.56. The Hall–Kier alpha value is -1.35. The Morgan fingerprint density at radius 2 is 1.84 bits per heavy atom. The van der Waals surface area contributed by atoms with Crippen LogP contribution in [0.25, 0.3) is 0 Å². The number of likely N-dealkylation sites (tertiary alicyclic amines) is 2. The maximum atomic E-state index is 12.8. The number of halogens is 1. The maximum absolute atomic E-state index is 12.8. The SMILES string of the molecule is CCNC(=NCC(=O)N1CCC(Cc2ccccc2)CC1)NC1CC(C)N(C2CC2)C1.I. The summed E-state index contributed by atoms with van der Waals surface area (Å²) in [5, 5.41) is 6.91. The molecule has 3 fully saturated rings. The average molecular weight is 554 g/mol. The highest BCUT2D eigenvalue weighted by atomic mass is 127. The Bertz CT molecular complexity index is 746. The van der Waals surface area contributed by atoms with E-state index in [9.17, 15) is 4.79 Å². The van der Waals surface area contributed by atoms with Crippen LogP contribution in [0.5, 0.6) is 0 Å². The largest absolute Gasteiger partial charge is 0.357 e. The van der Waals surface area contributed by atoms with Gasteiger partial charge in [-0.2, -0.15) is 0 Å². The van der Waals surface area contributed by atoms with Gasteiger partial charge in [0.1, 0.15) is 6.54 Å². The number of aliphatic imine (C=N–C) groups is 1. The Balaban J connectivity index is 0.00000289. The molecule has 0 bridgehead atoms. The first-order valence-electron chi connectivity index (χ1n) is 12.2. The van der Waals surface area contributed by atoms with Gasteiger partial charge in [0.15, 0.2) is 5.96 Å².